The summed E-state index contributed by atoms with van der Waals surface area (Å²) in [6.07, 6.45) is 2.16. The van der Waals surface area contributed by atoms with Crippen LogP contribution in [0.4, 0.5) is 0 Å². The van der Waals surface area contributed by atoms with Crippen LogP contribution in [0.2, 0.25) is 0 Å². The third-order valence-corrected chi connectivity index (χ3v) is 4.61. The van der Waals surface area contributed by atoms with Crippen molar-refractivity contribution in [3.05, 3.63) is 28.2 Å². The van der Waals surface area contributed by atoms with Crippen LogP contribution in [-0.4, -0.2) is 29.5 Å². The Bertz CT molecular complexity index is 535. The predicted molar refractivity (Wildman–Crippen MR) is 98.9 cm³/mol. The Balaban J connectivity index is 0.00000264. The molecule has 130 valence electrons. The molecular formula is C17H26BrClN2O2. The van der Waals surface area contributed by atoms with E-state index in [-0.39, 0.29) is 30.3 Å². The van der Waals surface area contributed by atoms with E-state index in [9.17, 15) is 4.79 Å². The number of nitrogens with two attached hydrogens (primary N) is 1. The highest BCUT2D eigenvalue weighted by molar-refractivity contribution is 9.10. The molecule has 1 amide bonds. The van der Waals surface area contributed by atoms with Crippen molar-refractivity contribution in [3.8, 4) is 5.75 Å². The van der Waals surface area contributed by atoms with Gasteiger partial charge in [0.1, 0.15) is 5.75 Å². The second-order valence-electron chi connectivity index (χ2n) is 6.03. The number of hydrogen-bond acceptors (Lipinski definition) is 3. The van der Waals surface area contributed by atoms with E-state index in [1.807, 2.05) is 43.9 Å². The first-order chi connectivity index (χ1) is 10.4. The lowest BCUT2D eigenvalue weighted by molar-refractivity contribution is -0.136. The van der Waals surface area contributed by atoms with Crippen LogP contribution in [0.25, 0.3) is 0 Å². The fourth-order valence-electron chi connectivity index (χ4n) is 2.41. The van der Waals surface area contributed by atoms with Crippen LogP contribution in [-0.2, 0) is 11.3 Å². The Labute approximate surface area is 153 Å². The van der Waals surface area contributed by atoms with E-state index in [4.69, 9.17) is 10.5 Å². The molecule has 0 saturated heterocycles. The maximum Gasteiger partial charge on any atom is 0.227 e. The monoisotopic (exact) mass is 404 g/mol. The number of carbonyl (C=O) groups is 1. The van der Waals surface area contributed by atoms with Gasteiger partial charge in [0.25, 0.3) is 0 Å². The molecular weight excluding hydrogens is 380 g/mol. The highest BCUT2D eigenvalue weighted by Gasteiger charge is 2.35. The van der Waals surface area contributed by atoms with E-state index in [0.29, 0.717) is 19.2 Å². The Morgan fingerprint density at radius 1 is 1.43 bits per heavy atom. The maximum atomic E-state index is 12.7. The van der Waals surface area contributed by atoms with Gasteiger partial charge in [-0.2, -0.15) is 0 Å². The van der Waals surface area contributed by atoms with Crippen molar-refractivity contribution >= 4 is 34.2 Å². The molecule has 1 aromatic rings. The number of hydrogen-bond donors (Lipinski definition) is 1. The zero-order valence-electron chi connectivity index (χ0n) is 13.9. The van der Waals surface area contributed by atoms with Gasteiger partial charge < -0.3 is 15.4 Å². The number of amides is 1. The highest BCUT2D eigenvalue weighted by atomic mass is 79.9. The summed E-state index contributed by atoms with van der Waals surface area (Å²) in [5, 5.41) is 0. The van der Waals surface area contributed by atoms with Gasteiger partial charge in [-0.1, -0.05) is 22.9 Å². The molecule has 23 heavy (non-hydrogen) atoms. The van der Waals surface area contributed by atoms with E-state index in [1.54, 1.807) is 0 Å². The molecule has 1 aliphatic carbocycles. The standard InChI is InChI=1S/C17H25BrN2O2.ClH/c1-4-22-16-8-5-14(18)9-13(16)10-20(15-6-7-15)17(21)11(2)12(3)19;/h5,8-9,11-12,15H,4,6-7,10,19H2,1-3H3;1H. The molecule has 0 spiro atoms. The quantitative estimate of drug-likeness (QED) is 0.751. The molecule has 6 heteroatoms. The molecule has 1 saturated carbocycles. The second-order valence-corrected chi connectivity index (χ2v) is 6.95. The van der Waals surface area contributed by atoms with Gasteiger partial charge in [0, 0.05) is 28.7 Å². The molecule has 4 nitrogen and oxygen atoms in total. The smallest absolute Gasteiger partial charge is 0.227 e. The van der Waals surface area contributed by atoms with Crippen molar-refractivity contribution in [2.45, 2.75) is 52.2 Å². The first-order valence-corrected chi connectivity index (χ1v) is 8.70. The van der Waals surface area contributed by atoms with Crippen molar-refractivity contribution in [3.63, 3.8) is 0 Å². The van der Waals surface area contributed by atoms with E-state index in [2.05, 4.69) is 15.9 Å². The number of ether oxygens (including phenoxy) is 1. The Morgan fingerprint density at radius 2 is 2.09 bits per heavy atom. The van der Waals surface area contributed by atoms with Crippen molar-refractivity contribution in [2.75, 3.05) is 6.61 Å². The number of nitrogens with zero attached hydrogens (tertiary/aromatic N) is 1. The lowest BCUT2D eigenvalue weighted by Gasteiger charge is -2.28. The Hall–Kier alpha value is -0.780. The average Bonchev–Trinajstić information content (AvgIpc) is 3.30. The molecule has 2 unspecified atom stereocenters. The fourth-order valence-corrected chi connectivity index (χ4v) is 2.82. The van der Waals surface area contributed by atoms with Gasteiger partial charge in [0.05, 0.1) is 12.5 Å². The SMILES string of the molecule is CCOc1ccc(Br)cc1CN(C(=O)C(C)C(C)N)C1CC1.Cl. The van der Waals surface area contributed by atoms with Crippen LogP contribution >= 0.6 is 28.3 Å². The normalized spacial score (nSPS) is 16.2. The summed E-state index contributed by atoms with van der Waals surface area (Å²) in [4.78, 5) is 14.7. The molecule has 0 radical (unpaired) electrons. The summed E-state index contributed by atoms with van der Waals surface area (Å²) < 4.78 is 6.69. The van der Waals surface area contributed by atoms with Crippen LogP contribution in [0.5, 0.6) is 5.75 Å². The highest BCUT2D eigenvalue weighted by Crippen LogP contribution is 2.33. The van der Waals surface area contributed by atoms with Crippen molar-refractivity contribution in [2.24, 2.45) is 11.7 Å². The molecule has 2 N–H and O–H groups in total. The van der Waals surface area contributed by atoms with Crippen molar-refractivity contribution in [1.82, 2.24) is 4.90 Å². The average molecular weight is 406 g/mol. The van der Waals surface area contributed by atoms with E-state index in [1.165, 1.54) is 0 Å². The molecule has 0 aromatic heterocycles. The van der Waals surface area contributed by atoms with Crippen LogP contribution in [0.1, 0.15) is 39.2 Å². The lowest BCUT2D eigenvalue weighted by Crippen LogP contribution is -2.42. The lowest BCUT2D eigenvalue weighted by atomic mass is 10.0. The molecule has 1 aliphatic rings. The number of carbonyl (C=O) groups excluding carboxylic acids is 1. The fraction of sp³-hybridized carbons (Fsp3) is 0.588. The Morgan fingerprint density at radius 3 is 2.61 bits per heavy atom. The zero-order chi connectivity index (χ0) is 16.3. The van der Waals surface area contributed by atoms with Gasteiger partial charge in [0.15, 0.2) is 0 Å². The molecule has 1 fully saturated rings. The molecule has 0 aliphatic heterocycles. The van der Waals surface area contributed by atoms with Gasteiger partial charge in [-0.25, -0.2) is 0 Å². The first kappa shape index (κ1) is 20.3. The van der Waals surface area contributed by atoms with E-state index >= 15 is 0 Å². The van der Waals surface area contributed by atoms with Gasteiger partial charge in [-0.15, -0.1) is 12.4 Å². The number of rotatable bonds is 7. The summed E-state index contributed by atoms with van der Waals surface area (Å²) in [7, 11) is 0. The molecule has 2 rings (SSSR count). The molecule has 0 bridgehead atoms. The van der Waals surface area contributed by atoms with Gasteiger partial charge in [0.2, 0.25) is 5.91 Å². The van der Waals surface area contributed by atoms with Gasteiger partial charge in [-0.3, -0.25) is 4.79 Å². The van der Waals surface area contributed by atoms with Crippen LogP contribution < -0.4 is 10.5 Å². The van der Waals surface area contributed by atoms with Crippen LogP contribution in [0.15, 0.2) is 22.7 Å². The summed E-state index contributed by atoms with van der Waals surface area (Å²) in [6.45, 7) is 6.95. The first-order valence-electron chi connectivity index (χ1n) is 7.91. The topological polar surface area (TPSA) is 55.6 Å². The van der Waals surface area contributed by atoms with Crippen LogP contribution in [0.3, 0.4) is 0 Å². The summed E-state index contributed by atoms with van der Waals surface area (Å²) >= 11 is 3.50. The minimum atomic E-state index is -0.164. The number of benzene rings is 1. The predicted octanol–water partition coefficient (Wildman–Crippen LogP) is 3.74. The number of halogens is 2. The summed E-state index contributed by atoms with van der Waals surface area (Å²) in [5.41, 5.74) is 6.95. The molecule has 2 atom stereocenters. The third kappa shape index (κ3) is 5.37. The zero-order valence-corrected chi connectivity index (χ0v) is 16.3. The Kier molecular flexibility index (Phi) is 7.84. The minimum Gasteiger partial charge on any atom is -0.494 e. The largest absolute Gasteiger partial charge is 0.494 e. The van der Waals surface area contributed by atoms with Crippen LogP contribution in [0, 0.1) is 5.92 Å². The summed E-state index contributed by atoms with van der Waals surface area (Å²) in [5.74, 6) is 0.820. The van der Waals surface area contributed by atoms with Gasteiger partial charge >= 0.3 is 0 Å². The van der Waals surface area contributed by atoms with Crippen molar-refractivity contribution in [1.29, 1.82) is 0 Å². The van der Waals surface area contributed by atoms with Crippen molar-refractivity contribution < 1.29 is 9.53 Å². The summed E-state index contributed by atoms with van der Waals surface area (Å²) in [6, 6.07) is 6.16. The van der Waals surface area contributed by atoms with E-state index < -0.39 is 0 Å². The van der Waals surface area contributed by atoms with E-state index in [0.717, 1.165) is 28.6 Å². The van der Waals surface area contributed by atoms with Gasteiger partial charge in [-0.05, 0) is 44.9 Å². The maximum absolute atomic E-state index is 12.7. The second kappa shape index (κ2) is 8.90. The molecule has 1 aromatic carbocycles. The minimum absolute atomic E-state index is 0. The molecule has 0 heterocycles. The third-order valence-electron chi connectivity index (χ3n) is 4.11.